The monoisotopic (exact) mass is 305 g/mol. The minimum Gasteiger partial charge on any atom is -0.455 e. The van der Waals surface area contributed by atoms with E-state index >= 15 is 0 Å². The Labute approximate surface area is 116 Å². The molecular weight excluding hydrogens is 290 g/mol. The van der Waals surface area contributed by atoms with Gasteiger partial charge in [-0.2, -0.15) is 0 Å². The number of halogens is 1. The average Bonchev–Trinajstić information content (AvgIpc) is 2.34. The van der Waals surface area contributed by atoms with E-state index in [2.05, 4.69) is 41.9 Å². The molecule has 0 aliphatic heterocycles. The first-order valence-electron chi connectivity index (χ1n) is 5.78. The number of rotatable bonds is 2. The average molecular weight is 306 g/mol. The van der Waals surface area contributed by atoms with E-state index in [-0.39, 0.29) is 0 Å². The van der Waals surface area contributed by atoms with Crippen LogP contribution in [0.2, 0.25) is 0 Å². The van der Waals surface area contributed by atoms with Crippen molar-refractivity contribution in [1.82, 2.24) is 0 Å². The van der Waals surface area contributed by atoms with Gasteiger partial charge in [-0.05, 0) is 55.7 Å². The van der Waals surface area contributed by atoms with Crippen LogP contribution < -0.4 is 10.5 Å². The molecule has 0 radical (unpaired) electrons. The van der Waals surface area contributed by atoms with Crippen molar-refractivity contribution < 1.29 is 4.74 Å². The zero-order chi connectivity index (χ0) is 13.3. The van der Waals surface area contributed by atoms with Crippen LogP contribution in [0.15, 0.2) is 34.8 Å². The maximum Gasteiger partial charge on any atom is 0.151 e. The van der Waals surface area contributed by atoms with Crippen LogP contribution in [0.4, 0.5) is 5.69 Å². The number of aryl methyl sites for hydroxylation is 2. The van der Waals surface area contributed by atoms with Crippen LogP contribution in [0.5, 0.6) is 11.5 Å². The molecule has 0 atom stereocenters. The molecule has 0 unspecified atom stereocenters. The Kier molecular flexibility index (Phi) is 3.62. The highest BCUT2D eigenvalue weighted by Gasteiger charge is 2.09. The smallest absolute Gasteiger partial charge is 0.151 e. The van der Waals surface area contributed by atoms with Gasteiger partial charge >= 0.3 is 0 Å². The van der Waals surface area contributed by atoms with E-state index in [4.69, 9.17) is 10.5 Å². The second-order valence-corrected chi connectivity index (χ2v) is 5.35. The molecule has 3 heteroatoms. The molecular formula is C15H16BrNO. The van der Waals surface area contributed by atoms with Crippen LogP contribution in [-0.2, 0) is 0 Å². The van der Waals surface area contributed by atoms with Crippen LogP contribution in [0.1, 0.15) is 16.7 Å². The number of ether oxygens (including phenoxy) is 1. The number of hydrogen-bond donors (Lipinski definition) is 1. The maximum atomic E-state index is 5.98. The Bertz CT molecular complexity index is 593. The minimum atomic E-state index is 0.638. The van der Waals surface area contributed by atoms with Crippen molar-refractivity contribution in [1.29, 1.82) is 0 Å². The van der Waals surface area contributed by atoms with E-state index in [1.54, 1.807) is 0 Å². The third kappa shape index (κ3) is 2.51. The fourth-order valence-electron chi connectivity index (χ4n) is 1.79. The first-order valence-corrected chi connectivity index (χ1v) is 6.58. The molecule has 0 aliphatic carbocycles. The summed E-state index contributed by atoms with van der Waals surface area (Å²) in [7, 11) is 0. The summed E-state index contributed by atoms with van der Waals surface area (Å²) in [5.41, 5.74) is 10.0. The molecule has 0 aliphatic rings. The fourth-order valence-corrected chi connectivity index (χ4v) is 2.13. The number of nitrogens with two attached hydrogens (primary N) is 1. The van der Waals surface area contributed by atoms with Gasteiger partial charge in [0.15, 0.2) is 5.75 Å². The predicted molar refractivity (Wildman–Crippen MR) is 79.3 cm³/mol. The van der Waals surface area contributed by atoms with Gasteiger partial charge in [0.25, 0.3) is 0 Å². The summed E-state index contributed by atoms with van der Waals surface area (Å²) in [6, 6.07) is 9.78. The molecule has 0 amide bonds. The van der Waals surface area contributed by atoms with Gasteiger partial charge in [0.1, 0.15) is 5.75 Å². The number of anilines is 1. The van der Waals surface area contributed by atoms with Gasteiger partial charge < -0.3 is 10.5 Å². The van der Waals surface area contributed by atoms with Gasteiger partial charge in [-0.15, -0.1) is 0 Å². The molecule has 0 aromatic heterocycles. The highest BCUT2D eigenvalue weighted by atomic mass is 79.9. The SMILES string of the molecule is Cc1ccc(C)c(Oc2cc(Br)ccc2N)c1C. The van der Waals surface area contributed by atoms with Crippen molar-refractivity contribution >= 4 is 21.6 Å². The quantitative estimate of drug-likeness (QED) is 0.813. The Morgan fingerprint density at radius 3 is 2.39 bits per heavy atom. The summed E-state index contributed by atoms with van der Waals surface area (Å²) in [5, 5.41) is 0. The van der Waals surface area contributed by atoms with E-state index in [1.807, 2.05) is 25.1 Å². The van der Waals surface area contributed by atoms with Crippen molar-refractivity contribution in [2.75, 3.05) is 5.73 Å². The molecule has 2 N–H and O–H groups in total. The molecule has 2 aromatic carbocycles. The van der Waals surface area contributed by atoms with Crippen LogP contribution in [0.3, 0.4) is 0 Å². The van der Waals surface area contributed by atoms with Crippen LogP contribution in [0, 0.1) is 20.8 Å². The highest BCUT2D eigenvalue weighted by molar-refractivity contribution is 9.10. The third-order valence-corrected chi connectivity index (χ3v) is 3.55. The lowest BCUT2D eigenvalue weighted by Crippen LogP contribution is -1.96. The largest absolute Gasteiger partial charge is 0.455 e. The number of hydrogen-bond acceptors (Lipinski definition) is 2. The molecule has 2 nitrogen and oxygen atoms in total. The zero-order valence-corrected chi connectivity index (χ0v) is 12.3. The van der Waals surface area contributed by atoms with Crippen molar-refractivity contribution in [2.45, 2.75) is 20.8 Å². The van der Waals surface area contributed by atoms with Crippen LogP contribution in [-0.4, -0.2) is 0 Å². The summed E-state index contributed by atoms with van der Waals surface area (Å²) in [6.45, 7) is 6.17. The van der Waals surface area contributed by atoms with E-state index in [0.29, 0.717) is 11.4 Å². The Hall–Kier alpha value is -1.48. The van der Waals surface area contributed by atoms with Crippen molar-refractivity contribution in [2.24, 2.45) is 0 Å². The van der Waals surface area contributed by atoms with E-state index in [0.717, 1.165) is 21.3 Å². The van der Waals surface area contributed by atoms with E-state index in [1.165, 1.54) is 5.56 Å². The summed E-state index contributed by atoms with van der Waals surface area (Å²) in [5.74, 6) is 1.57. The lowest BCUT2D eigenvalue weighted by atomic mass is 10.1. The zero-order valence-electron chi connectivity index (χ0n) is 10.8. The second-order valence-electron chi connectivity index (χ2n) is 4.44. The maximum absolute atomic E-state index is 5.98. The molecule has 0 bridgehead atoms. The van der Waals surface area contributed by atoms with Gasteiger partial charge in [0.05, 0.1) is 5.69 Å². The molecule has 0 spiro atoms. The highest BCUT2D eigenvalue weighted by Crippen LogP contribution is 2.34. The molecule has 2 aromatic rings. The van der Waals surface area contributed by atoms with Crippen molar-refractivity contribution in [3.05, 3.63) is 51.5 Å². The Balaban J connectivity index is 2.46. The van der Waals surface area contributed by atoms with E-state index < -0.39 is 0 Å². The van der Waals surface area contributed by atoms with Crippen LogP contribution in [0.25, 0.3) is 0 Å². The lowest BCUT2D eigenvalue weighted by molar-refractivity contribution is 0.476. The Morgan fingerprint density at radius 1 is 1.00 bits per heavy atom. The first-order chi connectivity index (χ1) is 8.49. The molecule has 18 heavy (non-hydrogen) atoms. The van der Waals surface area contributed by atoms with Gasteiger partial charge in [-0.1, -0.05) is 28.1 Å². The number of benzene rings is 2. The fraction of sp³-hybridized carbons (Fsp3) is 0.200. The van der Waals surface area contributed by atoms with Gasteiger partial charge in [-0.25, -0.2) is 0 Å². The lowest BCUT2D eigenvalue weighted by Gasteiger charge is -2.15. The normalized spacial score (nSPS) is 10.4. The van der Waals surface area contributed by atoms with Gasteiger partial charge in [-0.3, -0.25) is 0 Å². The predicted octanol–water partition coefficient (Wildman–Crippen LogP) is 4.75. The van der Waals surface area contributed by atoms with Gasteiger partial charge in [0, 0.05) is 4.47 Å². The van der Waals surface area contributed by atoms with Crippen molar-refractivity contribution in [3.63, 3.8) is 0 Å². The molecule has 94 valence electrons. The summed E-state index contributed by atoms with van der Waals surface area (Å²) in [4.78, 5) is 0. The summed E-state index contributed by atoms with van der Waals surface area (Å²) >= 11 is 3.43. The molecule has 0 fully saturated rings. The summed E-state index contributed by atoms with van der Waals surface area (Å²) < 4.78 is 6.93. The topological polar surface area (TPSA) is 35.2 Å². The number of nitrogen functional groups attached to an aromatic ring is 1. The second kappa shape index (κ2) is 5.02. The van der Waals surface area contributed by atoms with Crippen molar-refractivity contribution in [3.8, 4) is 11.5 Å². The summed E-state index contributed by atoms with van der Waals surface area (Å²) in [6.07, 6.45) is 0. The third-order valence-electron chi connectivity index (χ3n) is 3.06. The standard InChI is InChI=1S/C15H16BrNO/c1-9-4-5-10(2)15(11(9)3)18-14-8-12(16)6-7-13(14)17/h4-8H,17H2,1-3H3. The van der Waals surface area contributed by atoms with Crippen LogP contribution >= 0.6 is 15.9 Å². The Morgan fingerprint density at radius 2 is 1.67 bits per heavy atom. The molecule has 0 saturated heterocycles. The molecule has 0 saturated carbocycles. The molecule has 0 heterocycles. The first kappa shape index (κ1) is 13.0. The van der Waals surface area contributed by atoms with Gasteiger partial charge in [0.2, 0.25) is 0 Å². The molecule has 2 rings (SSSR count). The minimum absolute atomic E-state index is 0.638. The van der Waals surface area contributed by atoms with E-state index in [9.17, 15) is 0 Å².